The Morgan fingerprint density at radius 1 is 0.864 bits per heavy atom. The van der Waals surface area contributed by atoms with E-state index in [2.05, 4.69) is 5.10 Å². The monoisotopic (exact) mass is 294 g/mol. The van der Waals surface area contributed by atoms with Gasteiger partial charge in [0.05, 0.1) is 0 Å². The van der Waals surface area contributed by atoms with Gasteiger partial charge in [-0.3, -0.25) is 9.59 Å². The fourth-order valence-electron chi connectivity index (χ4n) is 1.91. The maximum absolute atomic E-state index is 12.2. The first-order valence-electron chi connectivity index (χ1n) is 6.46. The molecule has 0 radical (unpaired) electrons. The normalized spacial score (nSPS) is 10.4. The van der Waals surface area contributed by atoms with Gasteiger partial charge in [0.2, 0.25) is 5.78 Å². The minimum atomic E-state index is -0.992. The average molecular weight is 294 g/mol. The fourth-order valence-corrected chi connectivity index (χ4v) is 1.91. The molecule has 108 valence electrons. The number of carbonyl (C=O) groups is 2. The molecular formula is C16H10N2O4. The third-order valence-corrected chi connectivity index (χ3v) is 2.99. The van der Waals surface area contributed by atoms with Gasteiger partial charge in [-0.2, -0.15) is 0 Å². The topological polar surface area (TPSA) is 82.2 Å². The Labute approximate surface area is 124 Å². The van der Waals surface area contributed by atoms with Crippen molar-refractivity contribution < 1.29 is 14.0 Å². The van der Waals surface area contributed by atoms with Crippen LogP contribution in [0.5, 0.6) is 0 Å². The van der Waals surface area contributed by atoms with Crippen LogP contribution >= 0.6 is 0 Å². The number of aromatic nitrogens is 2. The van der Waals surface area contributed by atoms with Crippen LogP contribution in [0.25, 0.3) is 0 Å². The molecule has 0 aliphatic heterocycles. The van der Waals surface area contributed by atoms with Crippen LogP contribution in [0.1, 0.15) is 26.6 Å². The van der Waals surface area contributed by atoms with Crippen LogP contribution in [0.15, 0.2) is 69.9 Å². The summed E-state index contributed by atoms with van der Waals surface area (Å²) in [4.78, 5) is 36.1. The van der Waals surface area contributed by atoms with Gasteiger partial charge in [-0.1, -0.05) is 48.5 Å². The zero-order valence-electron chi connectivity index (χ0n) is 11.3. The molecule has 0 fully saturated rings. The van der Waals surface area contributed by atoms with Gasteiger partial charge >= 0.3 is 5.76 Å². The van der Waals surface area contributed by atoms with Crippen LogP contribution < -0.4 is 5.76 Å². The standard InChI is InChI=1S/C16H10N2O4/c19-13(11-7-3-1-4-8-11)14-17-18(16(21)22-14)15(20)12-9-5-2-6-10-12/h1-10H. The zero-order valence-corrected chi connectivity index (χ0v) is 11.3. The van der Waals surface area contributed by atoms with Crippen molar-refractivity contribution in [2.75, 3.05) is 0 Å². The number of rotatable bonds is 3. The zero-order chi connectivity index (χ0) is 15.5. The summed E-state index contributed by atoms with van der Waals surface area (Å²) >= 11 is 0. The minimum Gasteiger partial charge on any atom is -0.384 e. The summed E-state index contributed by atoms with van der Waals surface area (Å²) in [5, 5.41) is 3.70. The lowest BCUT2D eigenvalue weighted by atomic mass is 10.1. The summed E-state index contributed by atoms with van der Waals surface area (Å²) in [6.07, 6.45) is 0. The summed E-state index contributed by atoms with van der Waals surface area (Å²) in [7, 11) is 0. The van der Waals surface area contributed by atoms with Crippen LogP contribution in [0, 0.1) is 0 Å². The van der Waals surface area contributed by atoms with Crippen molar-refractivity contribution in [2.45, 2.75) is 0 Å². The van der Waals surface area contributed by atoms with Gasteiger partial charge in [-0.15, -0.1) is 9.78 Å². The molecule has 0 aliphatic carbocycles. The summed E-state index contributed by atoms with van der Waals surface area (Å²) in [5.41, 5.74) is 0.597. The van der Waals surface area contributed by atoms with Crippen LogP contribution in [0.2, 0.25) is 0 Å². The molecular weight excluding hydrogens is 284 g/mol. The van der Waals surface area contributed by atoms with E-state index in [1.807, 2.05) is 0 Å². The van der Waals surface area contributed by atoms with Crippen molar-refractivity contribution >= 4 is 11.7 Å². The SMILES string of the molecule is O=C(c1ccccc1)c1nn(C(=O)c2ccccc2)c(=O)o1. The van der Waals surface area contributed by atoms with Gasteiger partial charge in [-0.25, -0.2) is 4.79 Å². The van der Waals surface area contributed by atoms with E-state index < -0.39 is 23.3 Å². The van der Waals surface area contributed by atoms with E-state index in [9.17, 15) is 14.4 Å². The smallest absolute Gasteiger partial charge is 0.384 e. The van der Waals surface area contributed by atoms with Crippen LogP contribution in [-0.4, -0.2) is 21.5 Å². The number of hydrogen-bond acceptors (Lipinski definition) is 5. The number of carbonyl (C=O) groups excluding carboxylic acids is 2. The molecule has 0 bridgehead atoms. The van der Waals surface area contributed by atoms with Gasteiger partial charge in [0.1, 0.15) is 0 Å². The molecule has 6 heteroatoms. The van der Waals surface area contributed by atoms with Gasteiger partial charge in [-0.05, 0) is 12.1 Å². The maximum Gasteiger partial charge on any atom is 0.445 e. The predicted octanol–water partition coefficient (Wildman–Crippen LogP) is 1.76. The third-order valence-electron chi connectivity index (χ3n) is 2.99. The van der Waals surface area contributed by atoms with E-state index in [4.69, 9.17) is 4.42 Å². The van der Waals surface area contributed by atoms with Crippen LogP contribution in [-0.2, 0) is 0 Å². The lowest BCUT2D eigenvalue weighted by Gasteiger charge is -1.97. The highest BCUT2D eigenvalue weighted by Gasteiger charge is 2.21. The first kappa shape index (κ1) is 13.7. The lowest BCUT2D eigenvalue weighted by Crippen LogP contribution is -2.24. The lowest BCUT2D eigenvalue weighted by molar-refractivity contribution is 0.0937. The summed E-state index contributed by atoms with van der Waals surface area (Å²) in [6.45, 7) is 0. The van der Waals surface area contributed by atoms with Crippen molar-refractivity contribution in [1.29, 1.82) is 0 Å². The molecule has 0 saturated carbocycles. The Hall–Kier alpha value is -3.28. The van der Waals surface area contributed by atoms with Crippen molar-refractivity contribution in [2.24, 2.45) is 0 Å². The molecule has 0 unspecified atom stereocenters. The number of benzene rings is 2. The Balaban J connectivity index is 1.97. The Kier molecular flexibility index (Phi) is 3.49. The van der Waals surface area contributed by atoms with Crippen molar-refractivity contribution in [3.05, 3.63) is 88.2 Å². The Bertz CT molecular complexity index is 879. The van der Waals surface area contributed by atoms with Crippen molar-refractivity contribution in [1.82, 2.24) is 9.78 Å². The molecule has 2 aromatic carbocycles. The molecule has 3 aromatic rings. The first-order chi connectivity index (χ1) is 10.7. The summed E-state index contributed by atoms with van der Waals surface area (Å²) in [6, 6.07) is 16.4. The van der Waals surface area contributed by atoms with E-state index in [1.54, 1.807) is 60.7 Å². The van der Waals surface area contributed by atoms with E-state index in [0.717, 1.165) is 0 Å². The van der Waals surface area contributed by atoms with Crippen LogP contribution in [0.3, 0.4) is 0 Å². The molecule has 0 saturated heterocycles. The molecule has 0 atom stereocenters. The molecule has 1 aromatic heterocycles. The highest BCUT2D eigenvalue weighted by Crippen LogP contribution is 2.07. The average Bonchev–Trinajstić information content (AvgIpc) is 2.97. The predicted molar refractivity (Wildman–Crippen MR) is 76.8 cm³/mol. The highest BCUT2D eigenvalue weighted by atomic mass is 16.4. The second-order valence-corrected chi connectivity index (χ2v) is 4.45. The van der Waals surface area contributed by atoms with E-state index in [-0.39, 0.29) is 5.56 Å². The molecule has 22 heavy (non-hydrogen) atoms. The van der Waals surface area contributed by atoms with E-state index >= 15 is 0 Å². The molecule has 0 spiro atoms. The van der Waals surface area contributed by atoms with E-state index in [0.29, 0.717) is 10.2 Å². The summed E-state index contributed by atoms with van der Waals surface area (Å²) < 4.78 is 5.35. The minimum absolute atomic E-state index is 0.275. The molecule has 6 nitrogen and oxygen atoms in total. The second-order valence-electron chi connectivity index (χ2n) is 4.45. The molecule has 0 amide bonds. The maximum atomic E-state index is 12.2. The Morgan fingerprint density at radius 3 is 2.00 bits per heavy atom. The number of nitrogens with zero attached hydrogens (tertiary/aromatic N) is 2. The Morgan fingerprint density at radius 2 is 1.41 bits per heavy atom. The number of ketones is 1. The van der Waals surface area contributed by atoms with Crippen LogP contribution in [0.4, 0.5) is 0 Å². The van der Waals surface area contributed by atoms with Gasteiger partial charge in [0, 0.05) is 11.1 Å². The second kappa shape index (κ2) is 5.61. The largest absolute Gasteiger partial charge is 0.445 e. The van der Waals surface area contributed by atoms with Gasteiger partial charge in [0.25, 0.3) is 11.8 Å². The molecule has 0 N–H and O–H groups in total. The summed E-state index contributed by atoms with van der Waals surface area (Å²) in [5.74, 6) is -2.62. The first-order valence-corrected chi connectivity index (χ1v) is 6.46. The fraction of sp³-hybridized carbons (Fsp3) is 0. The van der Waals surface area contributed by atoms with Crippen molar-refractivity contribution in [3.63, 3.8) is 0 Å². The molecule has 3 rings (SSSR count). The van der Waals surface area contributed by atoms with Gasteiger partial charge < -0.3 is 4.42 Å². The van der Waals surface area contributed by atoms with Crippen molar-refractivity contribution in [3.8, 4) is 0 Å². The third kappa shape index (κ3) is 2.49. The highest BCUT2D eigenvalue weighted by molar-refractivity contribution is 6.06. The van der Waals surface area contributed by atoms with E-state index in [1.165, 1.54) is 0 Å². The van der Waals surface area contributed by atoms with Gasteiger partial charge in [0.15, 0.2) is 0 Å². The number of hydrogen-bond donors (Lipinski definition) is 0. The molecule has 1 heterocycles. The quantitative estimate of drug-likeness (QED) is 0.687. The molecule has 0 aliphatic rings.